The van der Waals surface area contributed by atoms with Crippen LogP contribution in [0, 0.1) is 0 Å². The number of unbranched alkanes of at least 4 members (excludes halogenated alkanes) is 1. The van der Waals surface area contributed by atoms with Crippen LogP contribution in [0.4, 0.5) is 0 Å². The van der Waals surface area contributed by atoms with Crippen LogP contribution in [0.25, 0.3) is 0 Å². The first-order valence-electron chi connectivity index (χ1n) is 4.06. The zero-order chi connectivity index (χ0) is 8.69. The van der Waals surface area contributed by atoms with Crippen molar-refractivity contribution in [1.82, 2.24) is 0 Å². The van der Waals surface area contributed by atoms with Crippen LogP contribution in [0.15, 0.2) is 11.6 Å². The van der Waals surface area contributed by atoms with Gasteiger partial charge in [0, 0.05) is 0 Å². The highest BCUT2D eigenvalue weighted by Crippen LogP contribution is 2.10. The number of carbonyl (C=O) groups is 1. The molecule has 0 saturated carbocycles. The van der Waals surface area contributed by atoms with Crippen LogP contribution in [0.3, 0.4) is 0 Å². The van der Waals surface area contributed by atoms with Gasteiger partial charge in [0.1, 0.15) is 0 Å². The molecule has 0 spiro atoms. The van der Waals surface area contributed by atoms with Crippen LogP contribution in [-0.4, -0.2) is 11.1 Å². The number of hydrogen-bond donors (Lipinski definition) is 1. The van der Waals surface area contributed by atoms with Crippen LogP contribution in [0.1, 0.15) is 39.5 Å². The van der Waals surface area contributed by atoms with Gasteiger partial charge in [-0.1, -0.05) is 25.0 Å². The Balaban J connectivity index is 3.69. The molecule has 0 saturated heterocycles. The molecular weight excluding hydrogens is 140 g/mol. The van der Waals surface area contributed by atoms with Gasteiger partial charge < -0.3 is 5.11 Å². The summed E-state index contributed by atoms with van der Waals surface area (Å²) in [5.41, 5.74) is 1.04. The number of hydrogen-bond acceptors (Lipinski definition) is 1. The molecule has 0 aliphatic carbocycles. The quantitative estimate of drug-likeness (QED) is 0.621. The summed E-state index contributed by atoms with van der Waals surface area (Å²) in [7, 11) is 0. The van der Waals surface area contributed by atoms with E-state index in [1.807, 2.05) is 13.0 Å². The summed E-state index contributed by atoms with van der Waals surface area (Å²) in [5.74, 6) is -0.728. The first-order valence-corrected chi connectivity index (χ1v) is 4.06. The Morgan fingerprint density at radius 2 is 2.18 bits per heavy atom. The van der Waals surface area contributed by atoms with Crippen LogP contribution in [0.5, 0.6) is 0 Å². The summed E-state index contributed by atoms with van der Waals surface area (Å²) >= 11 is 0. The van der Waals surface area contributed by atoms with E-state index in [9.17, 15) is 4.79 Å². The van der Waals surface area contributed by atoms with Gasteiger partial charge in [0.15, 0.2) is 0 Å². The molecule has 0 radical (unpaired) electrons. The molecule has 64 valence electrons. The topological polar surface area (TPSA) is 37.3 Å². The molecule has 0 aromatic rings. The number of aliphatic carboxylic acids is 1. The molecule has 11 heavy (non-hydrogen) atoms. The van der Waals surface area contributed by atoms with Crippen molar-refractivity contribution in [2.45, 2.75) is 39.5 Å². The van der Waals surface area contributed by atoms with Gasteiger partial charge in [-0.2, -0.15) is 0 Å². The number of carboxylic acid groups (broad SMARTS) is 1. The van der Waals surface area contributed by atoms with Gasteiger partial charge in [0.05, 0.1) is 6.42 Å². The van der Waals surface area contributed by atoms with Crippen molar-refractivity contribution in [3.63, 3.8) is 0 Å². The average Bonchev–Trinajstić information content (AvgIpc) is 1.97. The van der Waals surface area contributed by atoms with E-state index in [1.165, 1.54) is 0 Å². The molecule has 2 nitrogen and oxygen atoms in total. The number of allylic oxidation sites excluding steroid dienone is 1. The maximum absolute atomic E-state index is 10.3. The Morgan fingerprint density at radius 1 is 1.55 bits per heavy atom. The van der Waals surface area contributed by atoms with Gasteiger partial charge >= 0.3 is 5.97 Å². The smallest absolute Gasteiger partial charge is 0.307 e. The SMILES string of the molecule is CC=C(CCCC)CC(=O)O. The molecular formula is C9H16O2. The van der Waals surface area contributed by atoms with E-state index in [4.69, 9.17) is 5.11 Å². The molecule has 0 amide bonds. The standard InChI is InChI=1S/C9H16O2/c1-3-5-6-8(4-2)7-9(10)11/h4H,3,5-7H2,1-2H3,(H,10,11). The van der Waals surface area contributed by atoms with Crippen molar-refractivity contribution >= 4 is 5.97 Å². The molecule has 0 aromatic carbocycles. The molecule has 0 atom stereocenters. The lowest BCUT2D eigenvalue weighted by Gasteiger charge is -2.01. The van der Waals surface area contributed by atoms with Gasteiger partial charge in [0.2, 0.25) is 0 Å². The molecule has 1 N–H and O–H groups in total. The molecule has 2 heteroatoms. The Labute approximate surface area is 67.9 Å². The number of rotatable bonds is 5. The lowest BCUT2D eigenvalue weighted by molar-refractivity contribution is -0.136. The van der Waals surface area contributed by atoms with Crippen molar-refractivity contribution in [2.75, 3.05) is 0 Å². The van der Waals surface area contributed by atoms with Crippen molar-refractivity contribution in [1.29, 1.82) is 0 Å². The van der Waals surface area contributed by atoms with Gasteiger partial charge in [-0.25, -0.2) is 0 Å². The van der Waals surface area contributed by atoms with Gasteiger partial charge in [-0.3, -0.25) is 4.79 Å². The maximum atomic E-state index is 10.3. The fourth-order valence-electron chi connectivity index (χ4n) is 0.933. The highest BCUT2D eigenvalue weighted by atomic mass is 16.4. The normalized spacial score (nSPS) is 11.6. The number of carboxylic acids is 1. The highest BCUT2D eigenvalue weighted by molar-refractivity contribution is 5.69. The second kappa shape index (κ2) is 5.96. The molecule has 0 aromatic heterocycles. The molecule has 0 rings (SSSR count). The molecule has 0 bridgehead atoms. The Kier molecular flexibility index (Phi) is 5.53. The van der Waals surface area contributed by atoms with Crippen LogP contribution in [-0.2, 0) is 4.79 Å². The molecule has 0 aliphatic heterocycles. The second-order valence-corrected chi connectivity index (χ2v) is 2.62. The minimum absolute atomic E-state index is 0.205. The maximum Gasteiger partial charge on any atom is 0.307 e. The average molecular weight is 156 g/mol. The van der Waals surface area contributed by atoms with E-state index in [0.29, 0.717) is 0 Å². The summed E-state index contributed by atoms with van der Waals surface area (Å²) in [6.07, 6.45) is 5.25. The largest absolute Gasteiger partial charge is 0.481 e. The fourth-order valence-corrected chi connectivity index (χ4v) is 0.933. The zero-order valence-corrected chi connectivity index (χ0v) is 7.26. The summed E-state index contributed by atoms with van der Waals surface area (Å²) in [6, 6.07) is 0. The third kappa shape index (κ3) is 5.64. The van der Waals surface area contributed by atoms with Crippen LogP contribution >= 0.6 is 0 Å². The van der Waals surface area contributed by atoms with Gasteiger partial charge in [-0.05, 0) is 19.8 Å². The first-order chi connectivity index (χ1) is 5.20. The summed E-state index contributed by atoms with van der Waals surface area (Å²) in [4.78, 5) is 10.3. The molecule has 0 fully saturated rings. The second-order valence-electron chi connectivity index (χ2n) is 2.62. The predicted molar refractivity (Wildman–Crippen MR) is 45.5 cm³/mol. The highest BCUT2D eigenvalue weighted by Gasteiger charge is 2.01. The van der Waals surface area contributed by atoms with E-state index in [1.54, 1.807) is 0 Å². The third-order valence-corrected chi connectivity index (χ3v) is 1.64. The van der Waals surface area contributed by atoms with Crippen molar-refractivity contribution in [3.05, 3.63) is 11.6 Å². The van der Waals surface area contributed by atoms with Crippen molar-refractivity contribution < 1.29 is 9.90 Å². The lowest BCUT2D eigenvalue weighted by Crippen LogP contribution is -1.97. The third-order valence-electron chi connectivity index (χ3n) is 1.64. The van der Waals surface area contributed by atoms with E-state index in [2.05, 4.69) is 6.92 Å². The monoisotopic (exact) mass is 156 g/mol. The van der Waals surface area contributed by atoms with E-state index in [0.717, 1.165) is 24.8 Å². The predicted octanol–water partition coefficient (Wildman–Crippen LogP) is 2.60. The summed E-state index contributed by atoms with van der Waals surface area (Å²) < 4.78 is 0. The van der Waals surface area contributed by atoms with Gasteiger partial charge in [0.25, 0.3) is 0 Å². The Morgan fingerprint density at radius 3 is 2.55 bits per heavy atom. The fraction of sp³-hybridized carbons (Fsp3) is 0.667. The molecule has 0 aliphatic rings. The molecule has 0 unspecified atom stereocenters. The minimum atomic E-state index is -0.728. The summed E-state index contributed by atoms with van der Waals surface area (Å²) in [5, 5.41) is 8.47. The van der Waals surface area contributed by atoms with Crippen molar-refractivity contribution in [3.8, 4) is 0 Å². The van der Waals surface area contributed by atoms with E-state index in [-0.39, 0.29) is 6.42 Å². The van der Waals surface area contributed by atoms with Crippen LogP contribution in [0.2, 0.25) is 0 Å². The Bertz CT molecular complexity index is 148. The molecule has 0 heterocycles. The van der Waals surface area contributed by atoms with Crippen LogP contribution < -0.4 is 0 Å². The van der Waals surface area contributed by atoms with E-state index >= 15 is 0 Å². The first kappa shape index (κ1) is 10.2. The zero-order valence-electron chi connectivity index (χ0n) is 7.26. The van der Waals surface area contributed by atoms with Gasteiger partial charge in [-0.15, -0.1) is 0 Å². The van der Waals surface area contributed by atoms with E-state index < -0.39 is 5.97 Å². The van der Waals surface area contributed by atoms with Crippen molar-refractivity contribution in [2.24, 2.45) is 0 Å². The Hall–Kier alpha value is -0.790. The summed E-state index contributed by atoms with van der Waals surface area (Å²) in [6.45, 7) is 4.00. The lowest BCUT2D eigenvalue weighted by atomic mass is 10.1. The minimum Gasteiger partial charge on any atom is -0.481 e.